The van der Waals surface area contributed by atoms with Crippen LogP contribution in [0.25, 0.3) is 5.82 Å². The minimum absolute atomic E-state index is 0. The number of pyridine rings is 1. The molecule has 0 bridgehead atoms. The van der Waals surface area contributed by atoms with Gasteiger partial charge in [0.25, 0.3) is 0 Å². The molecular weight excluding hydrogens is 537 g/mol. The largest absolute Gasteiger partial charge is 0.375 e. The first kappa shape index (κ1) is 26.2. The molecule has 0 aliphatic heterocycles. The highest BCUT2D eigenvalue weighted by Gasteiger charge is 2.13. The molecule has 1 N–H and O–H groups in total. The van der Waals surface area contributed by atoms with E-state index >= 15 is 0 Å². The molecule has 0 saturated carbocycles. The number of nitrogens with one attached hydrogen (secondary N) is 1. The molecule has 0 fully saturated rings. The van der Waals surface area contributed by atoms with E-state index in [1.165, 1.54) is 0 Å². The van der Waals surface area contributed by atoms with Crippen LogP contribution in [0.15, 0.2) is 34.8 Å². The predicted molar refractivity (Wildman–Crippen MR) is 140 cm³/mol. The maximum absolute atomic E-state index is 5.36. The topological polar surface area (TPSA) is 80.5 Å². The van der Waals surface area contributed by atoms with Gasteiger partial charge in [0.2, 0.25) is 0 Å². The molecule has 3 aromatic heterocycles. The summed E-state index contributed by atoms with van der Waals surface area (Å²) in [6.45, 7) is 10.1. The molecule has 32 heavy (non-hydrogen) atoms. The monoisotopic (exact) mass is 569 g/mol. The number of hydrogen-bond acceptors (Lipinski definition) is 6. The van der Waals surface area contributed by atoms with Crippen LogP contribution in [0.5, 0.6) is 0 Å². The third-order valence-electron chi connectivity index (χ3n) is 4.81. The molecule has 1 atom stereocenters. The Kier molecular flexibility index (Phi) is 10.0. The second-order valence-corrected chi connectivity index (χ2v) is 8.33. The predicted octanol–water partition coefficient (Wildman–Crippen LogP) is 4.26. The molecule has 10 heteroatoms. The number of halogens is 1. The fourth-order valence-corrected chi connectivity index (χ4v) is 3.97. The summed E-state index contributed by atoms with van der Waals surface area (Å²) in [6, 6.07) is 6.07. The summed E-state index contributed by atoms with van der Waals surface area (Å²) in [5.41, 5.74) is 4.10. The number of methoxy groups -OCH3 is 1. The van der Waals surface area contributed by atoms with Gasteiger partial charge in [0.15, 0.2) is 11.8 Å². The van der Waals surface area contributed by atoms with Crippen molar-refractivity contribution in [3.63, 3.8) is 0 Å². The Labute approximate surface area is 211 Å². The average Bonchev–Trinajstić information content (AvgIpc) is 3.36. The Morgan fingerprint density at radius 2 is 2.12 bits per heavy atom. The van der Waals surface area contributed by atoms with Crippen molar-refractivity contribution in [1.82, 2.24) is 30.0 Å². The van der Waals surface area contributed by atoms with E-state index in [-0.39, 0.29) is 30.1 Å². The van der Waals surface area contributed by atoms with E-state index in [0.717, 1.165) is 46.0 Å². The van der Waals surface area contributed by atoms with Gasteiger partial charge in [0.1, 0.15) is 11.1 Å². The molecule has 0 aromatic carbocycles. The van der Waals surface area contributed by atoms with Crippen molar-refractivity contribution < 1.29 is 4.74 Å². The van der Waals surface area contributed by atoms with E-state index in [4.69, 9.17) is 9.73 Å². The van der Waals surface area contributed by atoms with Gasteiger partial charge in [-0.2, -0.15) is 5.10 Å². The van der Waals surface area contributed by atoms with Gasteiger partial charge in [-0.05, 0) is 45.4 Å². The van der Waals surface area contributed by atoms with E-state index in [0.29, 0.717) is 13.1 Å². The normalized spacial score (nSPS) is 12.4. The van der Waals surface area contributed by atoms with Gasteiger partial charge in [-0.1, -0.05) is 6.07 Å². The van der Waals surface area contributed by atoms with E-state index in [2.05, 4.69) is 37.6 Å². The molecule has 0 aliphatic rings. The lowest BCUT2D eigenvalue weighted by Gasteiger charge is -2.21. The number of aromatic nitrogens is 4. The van der Waals surface area contributed by atoms with Crippen LogP contribution >= 0.6 is 35.3 Å². The smallest absolute Gasteiger partial charge is 0.194 e. The maximum Gasteiger partial charge on any atom is 0.194 e. The Morgan fingerprint density at radius 3 is 2.72 bits per heavy atom. The zero-order valence-corrected chi connectivity index (χ0v) is 22.6. The zero-order valence-electron chi connectivity index (χ0n) is 19.5. The summed E-state index contributed by atoms with van der Waals surface area (Å²) in [7, 11) is 3.72. The summed E-state index contributed by atoms with van der Waals surface area (Å²) >= 11 is 1.62. The van der Waals surface area contributed by atoms with E-state index in [1.807, 2.05) is 56.9 Å². The van der Waals surface area contributed by atoms with Crippen molar-refractivity contribution >= 4 is 41.3 Å². The lowest BCUT2D eigenvalue weighted by molar-refractivity contribution is 0.119. The van der Waals surface area contributed by atoms with Crippen molar-refractivity contribution in [1.29, 1.82) is 0 Å². The van der Waals surface area contributed by atoms with Crippen LogP contribution in [0.3, 0.4) is 0 Å². The first-order chi connectivity index (χ1) is 14.9. The Balaban J connectivity index is 0.00000363. The molecule has 8 nitrogen and oxygen atoms in total. The molecule has 3 heterocycles. The Morgan fingerprint density at radius 1 is 1.34 bits per heavy atom. The molecule has 0 amide bonds. The molecule has 3 rings (SSSR count). The molecule has 3 aromatic rings. The molecule has 1 unspecified atom stereocenters. The minimum atomic E-state index is 0. The van der Waals surface area contributed by atoms with E-state index < -0.39 is 0 Å². The molecule has 0 spiro atoms. The number of aliphatic imine (C=N–C) groups is 1. The van der Waals surface area contributed by atoms with Gasteiger partial charge < -0.3 is 15.0 Å². The van der Waals surface area contributed by atoms with Crippen LogP contribution in [-0.2, 0) is 17.8 Å². The lowest BCUT2D eigenvalue weighted by atomic mass is 10.3. The van der Waals surface area contributed by atoms with E-state index in [9.17, 15) is 0 Å². The van der Waals surface area contributed by atoms with Crippen molar-refractivity contribution in [3.8, 4) is 5.82 Å². The number of thiazole rings is 1. The van der Waals surface area contributed by atoms with Crippen LogP contribution in [0.4, 0.5) is 0 Å². The number of aryl methyl sites for hydroxylation is 2. The summed E-state index contributed by atoms with van der Waals surface area (Å²) in [5.74, 6) is 1.64. The summed E-state index contributed by atoms with van der Waals surface area (Å²) in [4.78, 5) is 16.1. The third kappa shape index (κ3) is 6.72. The standard InChI is InChI=1S/C22H31N7OS.HI/c1-7-23-22(28(5)13-19-14-31-21(26-19)17(4)30-6)25-12-18-8-9-20(24-11-18)29-16(3)10-15(2)27-29;/h8-11,14,17H,7,12-13H2,1-6H3,(H,23,25);1H. The van der Waals surface area contributed by atoms with Gasteiger partial charge in [0, 0.05) is 38.0 Å². The van der Waals surface area contributed by atoms with Gasteiger partial charge >= 0.3 is 0 Å². The van der Waals surface area contributed by atoms with Gasteiger partial charge in [-0.15, -0.1) is 35.3 Å². The lowest BCUT2D eigenvalue weighted by Crippen LogP contribution is -2.38. The highest BCUT2D eigenvalue weighted by atomic mass is 127. The SMILES string of the molecule is CCNC(=NCc1ccc(-n2nc(C)cc2C)nc1)N(C)Cc1csc(C(C)OC)n1.I. The third-order valence-corrected chi connectivity index (χ3v) is 5.87. The Bertz CT molecular complexity index is 1020. The molecule has 174 valence electrons. The summed E-state index contributed by atoms with van der Waals surface area (Å²) < 4.78 is 7.21. The second-order valence-electron chi connectivity index (χ2n) is 7.44. The fraction of sp³-hybridized carbons (Fsp3) is 0.455. The number of guanidine groups is 1. The van der Waals surface area contributed by atoms with Crippen LogP contribution in [0.1, 0.15) is 47.6 Å². The first-order valence-electron chi connectivity index (χ1n) is 10.4. The molecule has 0 aliphatic carbocycles. The number of ether oxygens (including phenoxy) is 1. The maximum atomic E-state index is 5.36. The van der Waals surface area contributed by atoms with E-state index in [1.54, 1.807) is 18.4 Å². The zero-order chi connectivity index (χ0) is 22.4. The van der Waals surface area contributed by atoms with Crippen LogP contribution in [-0.4, -0.2) is 51.3 Å². The van der Waals surface area contributed by atoms with Crippen LogP contribution in [0, 0.1) is 13.8 Å². The van der Waals surface area contributed by atoms with Crippen molar-refractivity contribution in [2.24, 2.45) is 4.99 Å². The highest BCUT2D eigenvalue weighted by Crippen LogP contribution is 2.21. The number of nitrogens with zero attached hydrogens (tertiary/aromatic N) is 6. The first-order valence-corrected chi connectivity index (χ1v) is 11.2. The Hall–Kier alpha value is -2.05. The molecule has 0 saturated heterocycles. The molecular formula is C22H32IN7OS. The highest BCUT2D eigenvalue weighted by molar-refractivity contribution is 14.0. The number of rotatable bonds is 8. The minimum Gasteiger partial charge on any atom is -0.375 e. The van der Waals surface area contributed by atoms with Gasteiger partial charge in [0.05, 0.1) is 24.5 Å². The van der Waals surface area contributed by atoms with Crippen molar-refractivity contribution in [2.75, 3.05) is 20.7 Å². The summed E-state index contributed by atoms with van der Waals surface area (Å²) in [6.07, 6.45) is 1.87. The van der Waals surface area contributed by atoms with Gasteiger partial charge in [-0.25, -0.2) is 19.6 Å². The number of hydrogen-bond donors (Lipinski definition) is 1. The van der Waals surface area contributed by atoms with Crippen LogP contribution < -0.4 is 5.32 Å². The van der Waals surface area contributed by atoms with Gasteiger partial charge in [-0.3, -0.25) is 0 Å². The summed E-state index contributed by atoms with van der Waals surface area (Å²) in [5, 5.41) is 10.9. The van der Waals surface area contributed by atoms with Crippen LogP contribution in [0.2, 0.25) is 0 Å². The second kappa shape index (κ2) is 12.3. The quantitative estimate of drug-likeness (QED) is 0.248. The molecule has 0 radical (unpaired) electrons. The fourth-order valence-electron chi connectivity index (χ4n) is 3.13. The van der Waals surface area contributed by atoms with Crippen molar-refractivity contribution in [2.45, 2.75) is 46.9 Å². The van der Waals surface area contributed by atoms with Crippen molar-refractivity contribution in [3.05, 3.63) is 57.4 Å². The average molecular weight is 570 g/mol.